The number of hydrogen-bond acceptors (Lipinski definition) is 3. The lowest BCUT2D eigenvalue weighted by Gasteiger charge is -2.15. The van der Waals surface area contributed by atoms with Gasteiger partial charge in [-0.25, -0.2) is 4.98 Å². The topological polar surface area (TPSA) is 38.1 Å². The van der Waals surface area contributed by atoms with Crippen LogP contribution < -0.4 is 5.32 Å². The molecule has 2 aromatic rings. The van der Waals surface area contributed by atoms with Gasteiger partial charge in [0.2, 0.25) is 0 Å². The van der Waals surface area contributed by atoms with Crippen molar-refractivity contribution in [1.29, 1.82) is 0 Å². The van der Waals surface area contributed by atoms with Crippen LogP contribution in [-0.2, 0) is 6.42 Å². The van der Waals surface area contributed by atoms with Gasteiger partial charge < -0.3 is 9.73 Å². The van der Waals surface area contributed by atoms with Crippen molar-refractivity contribution in [3.05, 3.63) is 29.7 Å². The minimum Gasteiger partial charge on any atom is -0.440 e. The Balaban J connectivity index is 1.73. The molecular formula is C15H18N2O. The van der Waals surface area contributed by atoms with E-state index in [0.29, 0.717) is 18.0 Å². The van der Waals surface area contributed by atoms with Gasteiger partial charge in [0.05, 0.1) is 5.92 Å². The molecule has 1 N–H and O–H groups in total. The van der Waals surface area contributed by atoms with Gasteiger partial charge in [-0.15, -0.1) is 0 Å². The maximum atomic E-state index is 5.95. The standard InChI is InChI=1S/C15H18N2O/c1-2-9-3-6-14-13(7-9)17-15(18-14)11-8-10-4-5-12(11)16-10/h3,6-7,10-12,16H,2,4-5,8H2,1H3. The van der Waals surface area contributed by atoms with E-state index in [1.165, 1.54) is 24.8 Å². The van der Waals surface area contributed by atoms with E-state index in [1.807, 2.05) is 0 Å². The summed E-state index contributed by atoms with van der Waals surface area (Å²) < 4.78 is 5.95. The predicted molar refractivity (Wildman–Crippen MR) is 70.7 cm³/mol. The van der Waals surface area contributed by atoms with Crippen molar-refractivity contribution in [3.8, 4) is 0 Å². The third-order valence-electron chi connectivity index (χ3n) is 4.49. The molecule has 2 saturated heterocycles. The van der Waals surface area contributed by atoms with Crippen molar-refractivity contribution >= 4 is 11.1 Å². The molecule has 3 heterocycles. The number of rotatable bonds is 2. The molecule has 3 unspecified atom stereocenters. The van der Waals surface area contributed by atoms with Gasteiger partial charge >= 0.3 is 0 Å². The second-order valence-electron chi connectivity index (χ2n) is 5.60. The Bertz CT molecular complexity index is 589. The van der Waals surface area contributed by atoms with Crippen LogP contribution in [0.5, 0.6) is 0 Å². The molecule has 0 saturated carbocycles. The second kappa shape index (κ2) is 3.82. The zero-order valence-corrected chi connectivity index (χ0v) is 10.6. The molecule has 3 heteroatoms. The van der Waals surface area contributed by atoms with Gasteiger partial charge in [-0.3, -0.25) is 0 Å². The molecule has 1 aromatic heterocycles. The largest absolute Gasteiger partial charge is 0.440 e. The average molecular weight is 242 g/mol. The summed E-state index contributed by atoms with van der Waals surface area (Å²) in [5, 5.41) is 3.64. The first-order chi connectivity index (χ1) is 8.83. The van der Waals surface area contributed by atoms with Gasteiger partial charge in [0.1, 0.15) is 5.52 Å². The summed E-state index contributed by atoms with van der Waals surface area (Å²) in [5.41, 5.74) is 3.28. The molecule has 94 valence electrons. The maximum absolute atomic E-state index is 5.95. The lowest BCUT2D eigenvalue weighted by atomic mass is 9.89. The molecule has 18 heavy (non-hydrogen) atoms. The van der Waals surface area contributed by atoms with E-state index >= 15 is 0 Å². The quantitative estimate of drug-likeness (QED) is 0.879. The minimum absolute atomic E-state index is 0.487. The van der Waals surface area contributed by atoms with E-state index in [2.05, 4.69) is 30.4 Å². The van der Waals surface area contributed by atoms with Crippen LogP contribution in [0, 0.1) is 0 Å². The van der Waals surface area contributed by atoms with Gasteiger partial charge in [0.25, 0.3) is 0 Å². The Kier molecular flexibility index (Phi) is 2.24. The lowest BCUT2D eigenvalue weighted by molar-refractivity contribution is 0.408. The second-order valence-corrected chi connectivity index (χ2v) is 5.60. The van der Waals surface area contributed by atoms with Crippen LogP contribution in [0.25, 0.3) is 11.1 Å². The van der Waals surface area contributed by atoms with Gasteiger partial charge in [-0.05, 0) is 43.4 Å². The SMILES string of the molecule is CCc1ccc2oc(C3CC4CCC3N4)nc2c1. The van der Waals surface area contributed by atoms with Crippen molar-refractivity contribution in [2.24, 2.45) is 0 Å². The smallest absolute Gasteiger partial charge is 0.200 e. The molecule has 0 radical (unpaired) electrons. The summed E-state index contributed by atoms with van der Waals surface area (Å²) in [4.78, 5) is 4.72. The van der Waals surface area contributed by atoms with E-state index in [0.717, 1.165) is 23.4 Å². The first kappa shape index (κ1) is 10.6. The van der Waals surface area contributed by atoms with E-state index in [1.54, 1.807) is 0 Å². The van der Waals surface area contributed by atoms with Crippen molar-refractivity contribution in [2.45, 2.75) is 50.6 Å². The molecule has 1 aromatic carbocycles. The number of nitrogens with zero attached hydrogens (tertiary/aromatic N) is 1. The molecule has 0 spiro atoms. The van der Waals surface area contributed by atoms with Gasteiger partial charge in [0.15, 0.2) is 11.5 Å². The summed E-state index contributed by atoms with van der Waals surface area (Å²) in [7, 11) is 0. The first-order valence-electron chi connectivity index (χ1n) is 6.99. The fraction of sp³-hybridized carbons (Fsp3) is 0.533. The molecule has 4 rings (SSSR count). The molecule has 2 fully saturated rings. The Morgan fingerprint density at radius 3 is 3.06 bits per heavy atom. The Labute approximate surface area is 107 Å². The lowest BCUT2D eigenvalue weighted by Crippen LogP contribution is -2.21. The summed E-state index contributed by atoms with van der Waals surface area (Å²) >= 11 is 0. The van der Waals surface area contributed by atoms with Crippen LogP contribution in [0.3, 0.4) is 0 Å². The van der Waals surface area contributed by atoms with Crippen molar-refractivity contribution < 1.29 is 4.42 Å². The number of fused-ring (bicyclic) bond motifs is 3. The van der Waals surface area contributed by atoms with Gasteiger partial charge in [-0.1, -0.05) is 13.0 Å². The highest BCUT2D eigenvalue weighted by molar-refractivity contribution is 5.73. The Morgan fingerprint density at radius 2 is 2.33 bits per heavy atom. The highest BCUT2D eigenvalue weighted by Gasteiger charge is 2.42. The molecular weight excluding hydrogens is 224 g/mol. The van der Waals surface area contributed by atoms with Crippen molar-refractivity contribution in [3.63, 3.8) is 0 Å². The molecule has 3 nitrogen and oxygen atoms in total. The van der Waals surface area contributed by atoms with Crippen LogP contribution >= 0.6 is 0 Å². The zero-order valence-electron chi connectivity index (χ0n) is 10.6. The summed E-state index contributed by atoms with van der Waals surface area (Å²) in [6.45, 7) is 2.17. The molecule has 3 atom stereocenters. The van der Waals surface area contributed by atoms with Crippen LogP contribution in [0.2, 0.25) is 0 Å². The molecule has 2 aliphatic rings. The Hall–Kier alpha value is -1.35. The fourth-order valence-corrected chi connectivity index (χ4v) is 3.47. The van der Waals surface area contributed by atoms with E-state index in [4.69, 9.17) is 9.40 Å². The predicted octanol–water partition coefficient (Wildman–Crippen LogP) is 3.00. The van der Waals surface area contributed by atoms with Crippen LogP contribution in [0.4, 0.5) is 0 Å². The van der Waals surface area contributed by atoms with Crippen LogP contribution in [0.15, 0.2) is 22.6 Å². The summed E-state index contributed by atoms with van der Waals surface area (Å²) in [5.74, 6) is 1.43. The minimum atomic E-state index is 0.487. The van der Waals surface area contributed by atoms with Crippen LogP contribution in [0.1, 0.15) is 43.6 Å². The first-order valence-corrected chi connectivity index (χ1v) is 6.99. The molecule has 2 aliphatic heterocycles. The number of nitrogens with one attached hydrogen (secondary N) is 1. The number of aromatic nitrogens is 1. The highest BCUT2D eigenvalue weighted by Crippen LogP contribution is 2.40. The summed E-state index contributed by atoms with van der Waals surface area (Å²) in [6, 6.07) is 7.64. The molecule has 0 aliphatic carbocycles. The molecule has 0 amide bonds. The number of aryl methyl sites for hydroxylation is 1. The summed E-state index contributed by atoms with van der Waals surface area (Å²) in [6.07, 6.45) is 4.83. The maximum Gasteiger partial charge on any atom is 0.200 e. The normalized spacial score (nSPS) is 30.4. The van der Waals surface area contributed by atoms with E-state index in [-0.39, 0.29) is 0 Å². The average Bonchev–Trinajstić information content (AvgIpc) is 3.11. The zero-order chi connectivity index (χ0) is 12.1. The van der Waals surface area contributed by atoms with E-state index in [9.17, 15) is 0 Å². The van der Waals surface area contributed by atoms with E-state index < -0.39 is 0 Å². The van der Waals surface area contributed by atoms with Crippen molar-refractivity contribution in [2.75, 3.05) is 0 Å². The third-order valence-corrected chi connectivity index (χ3v) is 4.49. The highest BCUT2D eigenvalue weighted by atomic mass is 16.3. The number of benzene rings is 1. The van der Waals surface area contributed by atoms with Crippen molar-refractivity contribution in [1.82, 2.24) is 10.3 Å². The van der Waals surface area contributed by atoms with Gasteiger partial charge in [0, 0.05) is 12.1 Å². The third kappa shape index (κ3) is 1.50. The fourth-order valence-electron chi connectivity index (χ4n) is 3.47. The number of oxazole rings is 1. The number of hydrogen-bond donors (Lipinski definition) is 1. The monoisotopic (exact) mass is 242 g/mol. The molecule has 2 bridgehead atoms. The Morgan fingerprint density at radius 1 is 1.39 bits per heavy atom. The van der Waals surface area contributed by atoms with Gasteiger partial charge in [-0.2, -0.15) is 0 Å². The van der Waals surface area contributed by atoms with Crippen LogP contribution in [-0.4, -0.2) is 17.1 Å².